The Labute approximate surface area is 173 Å². The summed E-state index contributed by atoms with van der Waals surface area (Å²) >= 11 is 0. The predicted octanol–water partition coefficient (Wildman–Crippen LogP) is 3.44. The third kappa shape index (κ3) is 5.06. The highest BCUT2D eigenvalue weighted by molar-refractivity contribution is 7.89. The molecular weight excluding hydrogens is 420 g/mol. The number of nitrogens with zero attached hydrogens (tertiary/aromatic N) is 1. The highest BCUT2D eigenvalue weighted by atomic mass is 32.2. The van der Waals surface area contributed by atoms with Crippen LogP contribution in [0.1, 0.15) is 28.8 Å². The van der Waals surface area contributed by atoms with Crippen LogP contribution in [0.3, 0.4) is 0 Å². The lowest BCUT2D eigenvalue weighted by molar-refractivity contribution is -0.0512. The summed E-state index contributed by atoms with van der Waals surface area (Å²) in [5, 5.41) is 0. The summed E-state index contributed by atoms with van der Waals surface area (Å²) in [6.07, 6.45) is 1.62. The number of rotatable bonds is 8. The number of carbonyl (C=O) groups excluding carboxylic acids is 1. The zero-order valence-corrected chi connectivity index (χ0v) is 17.0. The minimum absolute atomic E-state index is 0.0361. The molecule has 0 amide bonds. The van der Waals surface area contributed by atoms with Crippen LogP contribution in [0.25, 0.3) is 0 Å². The number of ether oxygens (including phenoxy) is 3. The standard InChI is InChI=1S/C20H21F2NO6S/c1-27-18-11-14(7-8-17(18)29-20(21)22)13-28-19(24)15-5-4-6-16(12-15)30(25,26)23-9-2-3-10-23/h4-8,11-12,20H,2-3,9-10,13H2,1H3. The average molecular weight is 441 g/mol. The van der Waals surface area contributed by atoms with E-state index in [1.54, 1.807) is 0 Å². The van der Waals surface area contributed by atoms with Gasteiger partial charge in [0.1, 0.15) is 6.61 Å². The SMILES string of the molecule is COc1cc(COC(=O)c2cccc(S(=O)(=O)N3CCCC3)c2)ccc1OC(F)F. The normalized spacial score (nSPS) is 14.7. The Hall–Kier alpha value is -2.72. The first-order chi connectivity index (χ1) is 14.3. The Balaban J connectivity index is 1.69. The van der Waals surface area contributed by atoms with Gasteiger partial charge in [0, 0.05) is 13.1 Å². The van der Waals surface area contributed by atoms with Crippen LogP contribution in [0.15, 0.2) is 47.4 Å². The summed E-state index contributed by atoms with van der Waals surface area (Å²) in [5.41, 5.74) is 0.586. The van der Waals surface area contributed by atoms with Crippen molar-refractivity contribution < 1.29 is 36.2 Å². The molecule has 1 aliphatic rings. The van der Waals surface area contributed by atoms with Gasteiger partial charge in [-0.15, -0.1) is 0 Å². The first kappa shape index (κ1) is 22.0. The molecule has 0 aliphatic carbocycles. The monoisotopic (exact) mass is 441 g/mol. The molecule has 2 aromatic rings. The molecule has 0 spiro atoms. The summed E-state index contributed by atoms with van der Waals surface area (Å²) in [6, 6.07) is 9.84. The summed E-state index contributed by atoms with van der Waals surface area (Å²) in [6.45, 7) is -2.23. The highest BCUT2D eigenvalue weighted by Crippen LogP contribution is 2.30. The second kappa shape index (κ2) is 9.40. The second-order valence-electron chi connectivity index (χ2n) is 6.58. The summed E-state index contributed by atoms with van der Waals surface area (Å²) in [4.78, 5) is 12.4. The lowest BCUT2D eigenvalue weighted by Gasteiger charge is -2.16. The molecule has 2 aromatic carbocycles. The van der Waals surface area contributed by atoms with E-state index in [1.165, 1.54) is 53.9 Å². The molecule has 0 N–H and O–H groups in total. The lowest BCUT2D eigenvalue weighted by atomic mass is 10.2. The molecule has 7 nitrogen and oxygen atoms in total. The van der Waals surface area contributed by atoms with Crippen molar-refractivity contribution in [2.45, 2.75) is 31.0 Å². The van der Waals surface area contributed by atoms with Crippen molar-refractivity contribution >= 4 is 16.0 Å². The molecule has 3 rings (SSSR count). The second-order valence-corrected chi connectivity index (χ2v) is 8.52. The molecule has 0 atom stereocenters. The lowest BCUT2D eigenvalue weighted by Crippen LogP contribution is -2.28. The number of benzene rings is 2. The van der Waals surface area contributed by atoms with E-state index < -0.39 is 22.6 Å². The Morgan fingerprint density at radius 1 is 1.10 bits per heavy atom. The minimum Gasteiger partial charge on any atom is -0.493 e. The number of hydrogen-bond acceptors (Lipinski definition) is 6. The van der Waals surface area contributed by atoms with Crippen LogP contribution < -0.4 is 9.47 Å². The van der Waals surface area contributed by atoms with Gasteiger partial charge in [0.25, 0.3) is 0 Å². The number of esters is 1. The van der Waals surface area contributed by atoms with E-state index in [0.717, 1.165) is 12.8 Å². The molecule has 0 unspecified atom stereocenters. The fourth-order valence-corrected chi connectivity index (χ4v) is 4.65. The van der Waals surface area contributed by atoms with Crippen molar-refractivity contribution in [3.05, 3.63) is 53.6 Å². The van der Waals surface area contributed by atoms with E-state index in [-0.39, 0.29) is 28.6 Å². The third-order valence-electron chi connectivity index (χ3n) is 4.59. The number of sulfonamides is 1. The van der Waals surface area contributed by atoms with Crippen LogP contribution in [-0.4, -0.2) is 45.5 Å². The van der Waals surface area contributed by atoms with Crippen molar-refractivity contribution in [3.8, 4) is 11.5 Å². The van der Waals surface area contributed by atoms with E-state index in [4.69, 9.17) is 9.47 Å². The molecule has 30 heavy (non-hydrogen) atoms. The smallest absolute Gasteiger partial charge is 0.387 e. The predicted molar refractivity (Wildman–Crippen MR) is 103 cm³/mol. The highest BCUT2D eigenvalue weighted by Gasteiger charge is 2.27. The van der Waals surface area contributed by atoms with Gasteiger partial charge in [-0.25, -0.2) is 13.2 Å². The molecular formula is C20H21F2NO6S. The fourth-order valence-electron chi connectivity index (χ4n) is 3.09. The molecule has 0 bridgehead atoms. The van der Waals surface area contributed by atoms with Gasteiger partial charge in [-0.2, -0.15) is 13.1 Å². The van der Waals surface area contributed by atoms with E-state index >= 15 is 0 Å². The molecule has 1 saturated heterocycles. The number of methoxy groups -OCH3 is 1. The van der Waals surface area contributed by atoms with Crippen molar-refractivity contribution in [2.75, 3.05) is 20.2 Å². The molecule has 1 heterocycles. The van der Waals surface area contributed by atoms with Gasteiger partial charge >= 0.3 is 12.6 Å². The van der Waals surface area contributed by atoms with Crippen LogP contribution in [0.4, 0.5) is 8.78 Å². The van der Waals surface area contributed by atoms with Gasteiger partial charge in [0.15, 0.2) is 11.5 Å². The van der Waals surface area contributed by atoms with Crippen LogP contribution in [-0.2, 0) is 21.4 Å². The molecule has 162 valence electrons. The Morgan fingerprint density at radius 3 is 2.50 bits per heavy atom. The molecule has 1 fully saturated rings. The summed E-state index contributed by atoms with van der Waals surface area (Å²) in [7, 11) is -2.35. The minimum atomic E-state index is -3.65. The van der Waals surface area contributed by atoms with Gasteiger partial charge in [0.2, 0.25) is 10.0 Å². The fraction of sp³-hybridized carbons (Fsp3) is 0.350. The number of carbonyl (C=O) groups is 1. The van der Waals surface area contributed by atoms with Gasteiger partial charge in [-0.1, -0.05) is 12.1 Å². The van der Waals surface area contributed by atoms with Gasteiger partial charge in [0.05, 0.1) is 17.6 Å². The number of alkyl halides is 2. The summed E-state index contributed by atoms with van der Waals surface area (Å²) in [5.74, 6) is -0.773. The molecule has 0 saturated carbocycles. The van der Waals surface area contributed by atoms with Crippen LogP contribution in [0.5, 0.6) is 11.5 Å². The maximum absolute atomic E-state index is 12.7. The van der Waals surface area contributed by atoms with E-state index in [0.29, 0.717) is 18.7 Å². The maximum Gasteiger partial charge on any atom is 0.387 e. The van der Waals surface area contributed by atoms with Crippen molar-refractivity contribution in [1.82, 2.24) is 4.31 Å². The van der Waals surface area contributed by atoms with Gasteiger partial charge in [-0.05, 0) is 48.7 Å². The van der Waals surface area contributed by atoms with Gasteiger partial charge in [-0.3, -0.25) is 0 Å². The molecule has 0 radical (unpaired) electrons. The van der Waals surface area contributed by atoms with E-state index in [2.05, 4.69) is 4.74 Å². The van der Waals surface area contributed by atoms with Crippen LogP contribution >= 0.6 is 0 Å². The summed E-state index contributed by atoms with van der Waals surface area (Å²) < 4.78 is 66.1. The van der Waals surface area contributed by atoms with Crippen molar-refractivity contribution in [2.24, 2.45) is 0 Å². The van der Waals surface area contributed by atoms with E-state index in [1.807, 2.05) is 0 Å². The third-order valence-corrected chi connectivity index (χ3v) is 6.48. The quantitative estimate of drug-likeness (QED) is 0.584. The van der Waals surface area contributed by atoms with Crippen molar-refractivity contribution in [1.29, 1.82) is 0 Å². The Kier molecular flexibility index (Phi) is 6.88. The average Bonchev–Trinajstić information content (AvgIpc) is 3.28. The largest absolute Gasteiger partial charge is 0.493 e. The zero-order chi connectivity index (χ0) is 21.7. The number of hydrogen-bond donors (Lipinski definition) is 0. The first-order valence-electron chi connectivity index (χ1n) is 9.20. The van der Waals surface area contributed by atoms with Crippen LogP contribution in [0, 0.1) is 0 Å². The topological polar surface area (TPSA) is 82.1 Å². The zero-order valence-electron chi connectivity index (χ0n) is 16.2. The van der Waals surface area contributed by atoms with E-state index in [9.17, 15) is 22.0 Å². The van der Waals surface area contributed by atoms with Crippen LogP contribution in [0.2, 0.25) is 0 Å². The Morgan fingerprint density at radius 2 is 1.83 bits per heavy atom. The molecule has 10 heteroatoms. The molecule has 1 aliphatic heterocycles. The van der Waals surface area contributed by atoms with Crippen molar-refractivity contribution in [3.63, 3.8) is 0 Å². The Bertz CT molecular complexity index is 1010. The van der Waals surface area contributed by atoms with Gasteiger partial charge < -0.3 is 14.2 Å². The number of halogens is 2. The maximum atomic E-state index is 12.7. The first-order valence-corrected chi connectivity index (χ1v) is 10.6. The molecule has 0 aromatic heterocycles.